The Kier molecular flexibility index (Phi) is 2.33. The van der Waals surface area contributed by atoms with Gasteiger partial charge in [0.05, 0.1) is 5.69 Å². The lowest BCUT2D eigenvalue weighted by Gasteiger charge is -2.14. The van der Waals surface area contributed by atoms with Crippen LogP contribution in [0.5, 0.6) is 0 Å². The van der Waals surface area contributed by atoms with Crippen LogP contribution in [0, 0.1) is 0 Å². The number of benzene rings is 1. The highest BCUT2D eigenvalue weighted by Crippen LogP contribution is 2.32. The Balaban J connectivity index is 2.01. The van der Waals surface area contributed by atoms with Gasteiger partial charge >= 0.3 is 0 Å². The van der Waals surface area contributed by atoms with Gasteiger partial charge in [-0.3, -0.25) is 9.89 Å². The molecule has 0 fully saturated rings. The summed E-state index contributed by atoms with van der Waals surface area (Å²) in [7, 11) is 0. The molecule has 0 saturated heterocycles. The first kappa shape index (κ1) is 10.8. The van der Waals surface area contributed by atoms with Crippen LogP contribution in [-0.2, 0) is 11.2 Å². The van der Waals surface area contributed by atoms with Gasteiger partial charge in [-0.15, -0.1) is 0 Å². The number of aromatic nitrogens is 2. The largest absolute Gasteiger partial charge is 0.382 e. The first-order valence-corrected chi connectivity index (χ1v) is 5.87. The quantitative estimate of drug-likeness (QED) is 0.797. The topological polar surface area (TPSA) is 75.0 Å². The maximum atomic E-state index is 11.5. The number of amides is 1. The Morgan fingerprint density at radius 2 is 2.28 bits per heavy atom. The van der Waals surface area contributed by atoms with Crippen LogP contribution in [-0.4, -0.2) is 22.6 Å². The Labute approximate surface area is 105 Å². The Morgan fingerprint density at radius 1 is 1.44 bits per heavy atom. The molecule has 18 heavy (non-hydrogen) atoms. The van der Waals surface area contributed by atoms with Crippen molar-refractivity contribution in [2.24, 2.45) is 0 Å². The van der Waals surface area contributed by atoms with Crippen LogP contribution in [0.1, 0.15) is 12.5 Å². The number of hydrogen-bond donors (Lipinski definition) is 2. The zero-order chi connectivity index (χ0) is 12.7. The van der Waals surface area contributed by atoms with Crippen LogP contribution in [0.4, 0.5) is 11.5 Å². The van der Waals surface area contributed by atoms with Crippen molar-refractivity contribution in [1.29, 1.82) is 0 Å². The predicted molar refractivity (Wildman–Crippen MR) is 70.2 cm³/mol. The van der Waals surface area contributed by atoms with Crippen molar-refractivity contribution in [3.8, 4) is 11.3 Å². The fourth-order valence-electron chi connectivity index (χ4n) is 2.38. The summed E-state index contributed by atoms with van der Waals surface area (Å²) in [6, 6.07) is 7.85. The van der Waals surface area contributed by atoms with E-state index in [0.717, 1.165) is 29.9 Å². The van der Waals surface area contributed by atoms with Crippen molar-refractivity contribution >= 4 is 17.4 Å². The molecule has 1 aliphatic heterocycles. The number of carbonyl (C=O) groups excluding carboxylic acids is 1. The molecule has 3 rings (SSSR count). The van der Waals surface area contributed by atoms with E-state index in [0.29, 0.717) is 5.82 Å². The van der Waals surface area contributed by atoms with E-state index in [2.05, 4.69) is 16.3 Å². The van der Waals surface area contributed by atoms with Crippen LogP contribution < -0.4 is 10.6 Å². The van der Waals surface area contributed by atoms with Crippen LogP contribution in [0.2, 0.25) is 0 Å². The first-order valence-electron chi connectivity index (χ1n) is 5.87. The second kappa shape index (κ2) is 3.87. The van der Waals surface area contributed by atoms with Gasteiger partial charge < -0.3 is 10.6 Å². The predicted octanol–water partition coefficient (Wildman–Crippen LogP) is 1.57. The van der Waals surface area contributed by atoms with Gasteiger partial charge in [-0.05, 0) is 24.1 Å². The van der Waals surface area contributed by atoms with E-state index in [4.69, 9.17) is 5.73 Å². The van der Waals surface area contributed by atoms with Gasteiger partial charge in [-0.1, -0.05) is 6.07 Å². The van der Waals surface area contributed by atoms with E-state index >= 15 is 0 Å². The van der Waals surface area contributed by atoms with Crippen molar-refractivity contribution in [3.05, 3.63) is 29.8 Å². The van der Waals surface area contributed by atoms with Crippen LogP contribution >= 0.6 is 0 Å². The number of nitrogens with two attached hydrogens (primary N) is 1. The van der Waals surface area contributed by atoms with Crippen LogP contribution in [0.15, 0.2) is 24.3 Å². The van der Waals surface area contributed by atoms with Gasteiger partial charge in [0.1, 0.15) is 5.82 Å². The van der Waals surface area contributed by atoms with Crippen molar-refractivity contribution < 1.29 is 4.79 Å². The lowest BCUT2D eigenvalue weighted by molar-refractivity contribution is -0.116. The average molecular weight is 242 g/mol. The van der Waals surface area contributed by atoms with Gasteiger partial charge in [0.15, 0.2) is 0 Å². The SMILES string of the molecule is CC(=O)N1CCc2cc(-c3cc(N)n[nH]3)ccc21. The van der Waals surface area contributed by atoms with E-state index in [9.17, 15) is 4.79 Å². The van der Waals surface area contributed by atoms with Crippen LogP contribution in [0.3, 0.4) is 0 Å². The Morgan fingerprint density at radius 3 is 2.94 bits per heavy atom. The van der Waals surface area contributed by atoms with Gasteiger partial charge in [-0.2, -0.15) is 5.10 Å². The number of anilines is 2. The van der Waals surface area contributed by atoms with Gasteiger partial charge in [0, 0.05) is 30.8 Å². The smallest absolute Gasteiger partial charge is 0.223 e. The summed E-state index contributed by atoms with van der Waals surface area (Å²) in [5.74, 6) is 0.572. The third-order valence-corrected chi connectivity index (χ3v) is 3.26. The molecule has 1 aromatic heterocycles. The lowest BCUT2D eigenvalue weighted by atomic mass is 10.1. The van der Waals surface area contributed by atoms with E-state index in [-0.39, 0.29) is 5.91 Å². The Bertz CT molecular complexity index is 617. The van der Waals surface area contributed by atoms with Crippen molar-refractivity contribution in [1.82, 2.24) is 10.2 Å². The molecule has 0 aliphatic carbocycles. The van der Waals surface area contributed by atoms with Crippen molar-refractivity contribution in [2.75, 3.05) is 17.2 Å². The fraction of sp³-hybridized carbons (Fsp3) is 0.231. The summed E-state index contributed by atoms with van der Waals surface area (Å²) in [5.41, 5.74) is 9.74. The number of nitrogen functional groups attached to an aromatic ring is 1. The number of carbonyl (C=O) groups is 1. The van der Waals surface area contributed by atoms with Gasteiger partial charge in [-0.25, -0.2) is 0 Å². The molecule has 0 bridgehead atoms. The summed E-state index contributed by atoms with van der Waals surface area (Å²) in [6.07, 6.45) is 0.895. The first-order chi connectivity index (χ1) is 8.65. The number of hydrogen-bond acceptors (Lipinski definition) is 3. The lowest BCUT2D eigenvalue weighted by Crippen LogP contribution is -2.25. The Hall–Kier alpha value is -2.30. The second-order valence-corrected chi connectivity index (χ2v) is 4.47. The summed E-state index contributed by atoms with van der Waals surface area (Å²) in [5, 5.41) is 6.81. The number of nitrogens with one attached hydrogen (secondary N) is 1. The summed E-state index contributed by atoms with van der Waals surface area (Å²) in [4.78, 5) is 13.3. The molecule has 0 radical (unpaired) electrons. The summed E-state index contributed by atoms with van der Waals surface area (Å²) in [6.45, 7) is 2.36. The number of aromatic amines is 1. The number of nitrogens with zero attached hydrogens (tertiary/aromatic N) is 2. The molecule has 2 aromatic rings. The molecule has 0 saturated carbocycles. The average Bonchev–Trinajstić information content (AvgIpc) is 2.93. The highest BCUT2D eigenvalue weighted by atomic mass is 16.2. The van der Waals surface area contributed by atoms with E-state index in [1.807, 2.05) is 12.1 Å². The standard InChI is InChI=1S/C13H14N4O/c1-8(18)17-5-4-10-6-9(2-3-12(10)17)11-7-13(14)16-15-11/h2-3,6-7H,4-5H2,1H3,(H3,14,15,16). The molecule has 3 N–H and O–H groups in total. The fourth-order valence-corrected chi connectivity index (χ4v) is 2.38. The summed E-state index contributed by atoms with van der Waals surface area (Å²) >= 11 is 0. The minimum atomic E-state index is 0.0901. The van der Waals surface area contributed by atoms with E-state index in [1.165, 1.54) is 5.56 Å². The van der Waals surface area contributed by atoms with E-state index < -0.39 is 0 Å². The molecule has 0 atom stereocenters. The minimum absolute atomic E-state index is 0.0901. The molecule has 0 unspecified atom stereocenters. The maximum absolute atomic E-state index is 11.5. The zero-order valence-electron chi connectivity index (χ0n) is 10.1. The molecule has 0 spiro atoms. The van der Waals surface area contributed by atoms with Gasteiger partial charge in [0.2, 0.25) is 5.91 Å². The molecule has 1 aliphatic rings. The highest BCUT2D eigenvalue weighted by Gasteiger charge is 2.22. The second-order valence-electron chi connectivity index (χ2n) is 4.47. The number of H-pyrrole nitrogens is 1. The molecule has 2 heterocycles. The van der Waals surface area contributed by atoms with Crippen LogP contribution in [0.25, 0.3) is 11.3 Å². The molecular weight excluding hydrogens is 228 g/mol. The minimum Gasteiger partial charge on any atom is -0.382 e. The third kappa shape index (κ3) is 1.64. The number of rotatable bonds is 1. The summed E-state index contributed by atoms with van der Waals surface area (Å²) < 4.78 is 0. The van der Waals surface area contributed by atoms with E-state index in [1.54, 1.807) is 17.9 Å². The third-order valence-electron chi connectivity index (χ3n) is 3.26. The molecule has 5 heteroatoms. The zero-order valence-corrected chi connectivity index (χ0v) is 10.1. The highest BCUT2D eigenvalue weighted by molar-refractivity contribution is 5.94. The molecular formula is C13H14N4O. The van der Waals surface area contributed by atoms with Gasteiger partial charge in [0.25, 0.3) is 0 Å². The maximum Gasteiger partial charge on any atom is 0.223 e. The molecule has 92 valence electrons. The van der Waals surface area contributed by atoms with Crippen molar-refractivity contribution in [2.45, 2.75) is 13.3 Å². The monoisotopic (exact) mass is 242 g/mol. The van der Waals surface area contributed by atoms with Crippen molar-refractivity contribution in [3.63, 3.8) is 0 Å². The molecule has 5 nitrogen and oxygen atoms in total. The number of fused-ring (bicyclic) bond motifs is 1. The molecule has 1 amide bonds. The molecule has 1 aromatic carbocycles. The normalized spacial score (nSPS) is 13.7.